The first kappa shape index (κ1) is 12.8. The predicted molar refractivity (Wildman–Crippen MR) is 57.9 cm³/mol. The van der Waals surface area contributed by atoms with E-state index < -0.39 is 16.1 Å². The van der Waals surface area contributed by atoms with Crippen molar-refractivity contribution in [3.63, 3.8) is 0 Å². The van der Waals surface area contributed by atoms with Crippen molar-refractivity contribution in [2.75, 3.05) is 19.4 Å². The number of sulfonamides is 1. The van der Waals surface area contributed by atoms with E-state index in [1.165, 1.54) is 7.05 Å². The largest absolute Gasteiger partial charge is 0.395 e. The number of nitrogens with zero attached hydrogens (tertiary/aromatic N) is 3. The molecule has 0 aliphatic rings. The fourth-order valence-corrected chi connectivity index (χ4v) is 2.22. The van der Waals surface area contributed by atoms with Crippen LogP contribution in [0.1, 0.15) is 6.92 Å². The topological polar surface area (TPSA) is 109 Å². The molecule has 1 aromatic rings. The Labute approximate surface area is 94.0 Å². The first-order chi connectivity index (χ1) is 7.39. The van der Waals surface area contributed by atoms with Crippen molar-refractivity contribution in [1.82, 2.24) is 14.3 Å². The molecule has 3 N–H and O–H groups in total. The number of hydrogen-bond acceptors (Lipinski definition) is 6. The lowest BCUT2D eigenvalue weighted by atomic mass is 10.4. The maximum atomic E-state index is 11.9. The number of aliphatic hydroxyl groups excluding tert-OH is 1. The van der Waals surface area contributed by atoms with Gasteiger partial charge in [0.15, 0.2) is 0 Å². The number of aromatic nitrogens is 2. The molecule has 16 heavy (non-hydrogen) atoms. The van der Waals surface area contributed by atoms with Gasteiger partial charge in [0, 0.05) is 13.1 Å². The summed E-state index contributed by atoms with van der Waals surface area (Å²) in [4.78, 5) is 7.17. The molecule has 0 fully saturated rings. The van der Waals surface area contributed by atoms with Gasteiger partial charge in [-0.2, -0.15) is 4.31 Å². The van der Waals surface area contributed by atoms with Crippen LogP contribution in [0.2, 0.25) is 0 Å². The number of anilines is 1. The van der Waals surface area contributed by atoms with E-state index in [2.05, 4.69) is 9.97 Å². The minimum Gasteiger partial charge on any atom is -0.395 e. The van der Waals surface area contributed by atoms with Gasteiger partial charge in [-0.15, -0.1) is 0 Å². The highest BCUT2D eigenvalue weighted by Crippen LogP contribution is 2.14. The minimum atomic E-state index is -3.67. The molecule has 1 unspecified atom stereocenters. The molecule has 90 valence electrons. The molecular formula is C8H14N4O3S. The number of nitrogen functional groups attached to an aromatic ring is 1. The van der Waals surface area contributed by atoms with Gasteiger partial charge in [-0.05, 0) is 6.92 Å². The summed E-state index contributed by atoms with van der Waals surface area (Å²) >= 11 is 0. The summed E-state index contributed by atoms with van der Waals surface area (Å²) in [6.07, 6.45) is 2.27. The third-order valence-corrected chi connectivity index (χ3v) is 4.13. The smallest absolute Gasteiger partial charge is 0.246 e. The van der Waals surface area contributed by atoms with E-state index in [0.717, 1.165) is 16.7 Å². The molecule has 8 heteroatoms. The van der Waals surface area contributed by atoms with Crippen LogP contribution in [0.5, 0.6) is 0 Å². The lowest BCUT2D eigenvalue weighted by molar-refractivity contribution is 0.214. The van der Waals surface area contributed by atoms with Crippen LogP contribution in [0.3, 0.4) is 0 Å². The summed E-state index contributed by atoms with van der Waals surface area (Å²) in [5, 5.41) is 8.90. The zero-order chi connectivity index (χ0) is 12.3. The Bertz CT molecular complexity index is 445. The second-order valence-electron chi connectivity index (χ2n) is 3.33. The van der Waals surface area contributed by atoms with Gasteiger partial charge in [-0.3, -0.25) is 0 Å². The molecule has 1 atom stereocenters. The molecule has 1 rings (SSSR count). The molecule has 0 saturated carbocycles. The Hall–Kier alpha value is -1.25. The first-order valence-electron chi connectivity index (χ1n) is 4.56. The molecule has 0 bridgehead atoms. The number of rotatable bonds is 4. The van der Waals surface area contributed by atoms with Gasteiger partial charge >= 0.3 is 0 Å². The highest BCUT2D eigenvalue weighted by molar-refractivity contribution is 7.89. The van der Waals surface area contributed by atoms with Crippen LogP contribution in [-0.4, -0.2) is 47.5 Å². The van der Waals surface area contributed by atoms with Gasteiger partial charge < -0.3 is 10.8 Å². The SMILES string of the molecule is CC(CO)N(C)S(=O)(=O)c1cnc(N)nc1. The lowest BCUT2D eigenvalue weighted by Crippen LogP contribution is -2.37. The summed E-state index contributed by atoms with van der Waals surface area (Å²) in [5.74, 6) is 0.0109. The Morgan fingerprint density at radius 3 is 2.44 bits per heavy atom. The Balaban J connectivity index is 3.07. The highest BCUT2D eigenvalue weighted by Gasteiger charge is 2.25. The number of likely N-dealkylation sites (N-methyl/N-ethyl adjacent to an activating group) is 1. The zero-order valence-electron chi connectivity index (χ0n) is 9.03. The number of hydrogen-bond donors (Lipinski definition) is 2. The average molecular weight is 246 g/mol. The zero-order valence-corrected chi connectivity index (χ0v) is 9.85. The standard InChI is InChI=1S/C8H14N4O3S/c1-6(5-13)12(2)16(14,15)7-3-10-8(9)11-4-7/h3-4,6,13H,5H2,1-2H3,(H2,9,10,11). The molecule has 0 saturated heterocycles. The van der Waals surface area contributed by atoms with E-state index in [4.69, 9.17) is 10.8 Å². The second-order valence-corrected chi connectivity index (χ2v) is 5.33. The van der Waals surface area contributed by atoms with E-state index in [0.29, 0.717) is 0 Å². The molecule has 1 heterocycles. The highest BCUT2D eigenvalue weighted by atomic mass is 32.2. The average Bonchev–Trinajstić information content (AvgIpc) is 2.27. The van der Waals surface area contributed by atoms with Crippen LogP contribution >= 0.6 is 0 Å². The van der Waals surface area contributed by atoms with Crippen LogP contribution in [0, 0.1) is 0 Å². The quantitative estimate of drug-likeness (QED) is 0.709. The van der Waals surface area contributed by atoms with E-state index in [1.807, 2.05) is 0 Å². The predicted octanol–water partition coefficient (Wildman–Crippen LogP) is -0.940. The van der Waals surface area contributed by atoms with E-state index in [-0.39, 0.29) is 17.5 Å². The van der Waals surface area contributed by atoms with Gasteiger partial charge in [0.25, 0.3) is 0 Å². The van der Waals surface area contributed by atoms with Gasteiger partial charge in [0.1, 0.15) is 4.90 Å². The maximum absolute atomic E-state index is 11.9. The number of nitrogens with two attached hydrogens (primary N) is 1. The monoisotopic (exact) mass is 246 g/mol. The number of aliphatic hydroxyl groups is 1. The summed E-state index contributed by atoms with van der Waals surface area (Å²) in [6.45, 7) is 1.33. The van der Waals surface area contributed by atoms with E-state index >= 15 is 0 Å². The molecule has 1 aromatic heterocycles. The molecule has 0 aliphatic carbocycles. The van der Waals surface area contributed by atoms with Crippen molar-refractivity contribution in [2.24, 2.45) is 0 Å². The van der Waals surface area contributed by atoms with Crippen molar-refractivity contribution < 1.29 is 13.5 Å². The van der Waals surface area contributed by atoms with Crippen molar-refractivity contribution in [3.8, 4) is 0 Å². The van der Waals surface area contributed by atoms with Crippen LogP contribution in [0.4, 0.5) is 5.95 Å². The summed E-state index contributed by atoms with van der Waals surface area (Å²) in [6, 6.07) is -0.512. The summed E-state index contributed by atoms with van der Waals surface area (Å²) < 4.78 is 24.9. The normalized spacial score (nSPS) is 14.0. The minimum absolute atomic E-state index is 0.0109. The summed E-state index contributed by atoms with van der Waals surface area (Å²) in [5.41, 5.74) is 5.26. The molecule has 0 radical (unpaired) electrons. The Kier molecular flexibility index (Phi) is 3.79. The molecule has 0 amide bonds. The molecule has 7 nitrogen and oxygen atoms in total. The fourth-order valence-electron chi connectivity index (χ4n) is 0.978. The molecule has 0 spiro atoms. The van der Waals surface area contributed by atoms with Crippen LogP contribution in [0.25, 0.3) is 0 Å². The van der Waals surface area contributed by atoms with Crippen LogP contribution in [-0.2, 0) is 10.0 Å². The fraction of sp³-hybridized carbons (Fsp3) is 0.500. The molecule has 0 aromatic carbocycles. The summed E-state index contributed by atoms with van der Waals surface area (Å²) in [7, 11) is -2.29. The van der Waals surface area contributed by atoms with Gasteiger partial charge in [-0.25, -0.2) is 18.4 Å². The second kappa shape index (κ2) is 4.73. The molecule has 0 aliphatic heterocycles. The van der Waals surface area contributed by atoms with Gasteiger partial charge in [0.2, 0.25) is 16.0 Å². The first-order valence-corrected chi connectivity index (χ1v) is 6.00. The van der Waals surface area contributed by atoms with E-state index in [1.54, 1.807) is 6.92 Å². The van der Waals surface area contributed by atoms with Crippen molar-refractivity contribution in [3.05, 3.63) is 12.4 Å². The third-order valence-electron chi connectivity index (χ3n) is 2.21. The van der Waals surface area contributed by atoms with Gasteiger partial charge in [-0.1, -0.05) is 0 Å². The van der Waals surface area contributed by atoms with Crippen LogP contribution < -0.4 is 5.73 Å². The Morgan fingerprint density at radius 1 is 1.50 bits per heavy atom. The van der Waals surface area contributed by atoms with Crippen molar-refractivity contribution in [1.29, 1.82) is 0 Å². The Morgan fingerprint density at radius 2 is 2.00 bits per heavy atom. The molecular weight excluding hydrogens is 232 g/mol. The lowest BCUT2D eigenvalue weighted by Gasteiger charge is -2.22. The van der Waals surface area contributed by atoms with E-state index in [9.17, 15) is 8.42 Å². The maximum Gasteiger partial charge on any atom is 0.246 e. The van der Waals surface area contributed by atoms with Gasteiger partial charge in [0.05, 0.1) is 19.0 Å². The third kappa shape index (κ3) is 2.46. The van der Waals surface area contributed by atoms with Crippen LogP contribution in [0.15, 0.2) is 17.3 Å². The van der Waals surface area contributed by atoms with Crippen molar-refractivity contribution in [2.45, 2.75) is 17.9 Å². The van der Waals surface area contributed by atoms with Crippen molar-refractivity contribution >= 4 is 16.0 Å².